The maximum Gasteiger partial charge on any atom is 0.436 e. The second-order valence-corrected chi connectivity index (χ2v) is 5.53. The second-order valence-electron chi connectivity index (χ2n) is 5.53. The first-order valence-electron chi connectivity index (χ1n) is 7.31. The topological polar surface area (TPSA) is 74.2 Å². The predicted molar refractivity (Wildman–Crippen MR) is 81.3 cm³/mol. The first-order chi connectivity index (χ1) is 9.95. The molecule has 0 radical (unpaired) electrons. The monoisotopic (exact) mass is 298 g/mol. The van der Waals surface area contributed by atoms with Crippen LogP contribution in [0.4, 0.5) is 9.59 Å². The number of amides is 3. The maximum absolute atomic E-state index is 12.2. The van der Waals surface area contributed by atoms with Crippen molar-refractivity contribution in [3.05, 3.63) is 0 Å². The third kappa shape index (κ3) is 5.61. The second kappa shape index (κ2) is 8.49. The Morgan fingerprint density at radius 1 is 1.19 bits per heavy atom. The third-order valence-electron chi connectivity index (χ3n) is 3.64. The summed E-state index contributed by atoms with van der Waals surface area (Å²) in [6, 6.07) is -0.267. The first kappa shape index (κ1) is 17.3. The molecule has 7 heteroatoms. The molecule has 120 valence electrons. The summed E-state index contributed by atoms with van der Waals surface area (Å²) in [4.78, 5) is 30.1. The molecule has 0 heterocycles. The minimum absolute atomic E-state index is 0.239. The number of carbonyl (C=O) groups is 2. The van der Waals surface area contributed by atoms with Gasteiger partial charge in [-0.05, 0) is 18.8 Å². The van der Waals surface area contributed by atoms with Crippen LogP contribution in [0.3, 0.4) is 0 Å². The van der Waals surface area contributed by atoms with E-state index in [0.29, 0.717) is 12.5 Å². The van der Waals surface area contributed by atoms with Crippen molar-refractivity contribution in [1.82, 2.24) is 15.1 Å². The highest BCUT2D eigenvalue weighted by Gasteiger charge is 2.20. The molecule has 0 bridgehead atoms. The number of aliphatic imine (C=N–C) groups is 1. The zero-order valence-electron chi connectivity index (χ0n) is 13.4. The Labute approximate surface area is 126 Å². The molecule has 0 unspecified atom stereocenters. The van der Waals surface area contributed by atoms with Crippen molar-refractivity contribution in [1.29, 1.82) is 0 Å². The molecule has 1 saturated carbocycles. The Hall–Kier alpha value is -1.79. The van der Waals surface area contributed by atoms with Crippen LogP contribution in [0.1, 0.15) is 32.1 Å². The summed E-state index contributed by atoms with van der Waals surface area (Å²) < 4.78 is 4.50. The fourth-order valence-corrected chi connectivity index (χ4v) is 2.43. The van der Waals surface area contributed by atoms with Crippen LogP contribution in [-0.4, -0.2) is 62.7 Å². The predicted octanol–water partition coefficient (Wildman–Crippen LogP) is 1.89. The summed E-state index contributed by atoms with van der Waals surface area (Å²) in [7, 11) is 6.26. The molecule has 7 nitrogen and oxygen atoms in total. The van der Waals surface area contributed by atoms with Gasteiger partial charge >= 0.3 is 12.1 Å². The molecule has 1 aliphatic rings. The van der Waals surface area contributed by atoms with E-state index >= 15 is 0 Å². The van der Waals surface area contributed by atoms with Crippen molar-refractivity contribution < 1.29 is 14.3 Å². The van der Waals surface area contributed by atoms with Gasteiger partial charge in [-0.2, -0.15) is 0 Å². The van der Waals surface area contributed by atoms with Gasteiger partial charge < -0.3 is 15.0 Å². The Morgan fingerprint density at radius 2 is 1.81 bits per heavy atom. The minimum Gasteiger partial charge on any atom is -0.451 e. The number of carbonyl (C=O) groups excluding carboxylic acids is 2. The van der Waals surface area contributed by atoms with Crippen LogP contribution in [0, 0.1) is 5.92 Å². The zero-order valence-corrected chi connectivity index (χ0v) is 13.4. The van der Waals surface area contributed by atoms with Crippen LogP contribution in [0.25, 0.3) is 0 Å². The van der Waals surface area contributed by atoms with Crippen molar-refractivity contribution >= 4 is 18.1 Å². The number of guanidine groups is 1. The Morgan fingerprint density at radius 3 is 2.33 bits per heavy atom. The molecule has 0 aromatic rings. The van der Waals surface area contributed by atoms with Gasteiger partial charge in [-0.15, -0.1) is 4.99 Å². The van der Waals surface area contributed by atoms with Gasteiger partial charge in [-0.3, -0.25) is 4.90 Å². The standard InChI is InChI=1S/C14H26N4O3/c1-17(2)12(16-14(20)21-4)18(3)13(19)15-10-11-8-6-5-7-9-11/h11H,5-10H2,1-4H3,(H,15,19)/b16-12-. The van der Waals surface area contributed by atoms with Gasteiger partial charge in [0.1, 0.15) is 0 Å². The van der Waals surface area contributed by atoms with E-state index in [-0.39, 0.29) is 12.0 Å². The molecule has 1 N–H and O–H groups in total. The molecule has 3 amide bonds. The number of ether oxygens (including phenoxy) is 1. The quantitative estimate of drug-likeness (QED) is 0.624. The molecular weight excluding hydrogens is 272 g/mol. The van der Waals surface area contributed by atoms with Crippen molar-refractivity contribution in [3.8, 4) is 0 Å². The average Bonchev–Trinajstić information content (AvgIpc) is 2.49. The summed E-state index contributed by atoms with van der Waals surface area (Å²) in [6.07, 6.45) is 5.37. The van der Waals surface area contributed by atoms with Crippen molar-refractivity contribution in [3.63, 3.8) is 0 Å². The van der Waals surface area contributed by atoms with E-state index in [2.05, 4.69) is 15.0 Å². The van der Waals surface area contributed by atoms with Crippen LogP contribution < -0.4 is 5.32 Å². The number of nitrogens with one attached hydrogen (secondary N) is 1. The minimum atomic E-state index is -0.731. The van der Waals surface area contributed by atoms with Crippen molar-refractivity contribution in [2.24, 2.45) is 10.9 Å². The van der Waals surface area contributed by atoms with Gasteiger partial charge in [-0.25, -0.2) is 9.59 Å². The highest BCUT2D eigenvalue weighted by molar-refractivity contribution is 5.99. The third-order valence-corrected chi connectivity index (χ3v) is 3.64. The lowest BCUT2D eigenvalue weighted by Gasteiger charge is -2.26. The fraction of sp³-hybridized carbons (Fsp3) is 0.786. The Balaban J connectivity index is 2.57. The summed E-state index contributed by atoms with van der Waals surface area (Å²) in [5.41, 5.74) is 0. The number of urea groups is 1. The smallest absolute Gasteiger partial charge is 0.436 e. The Kier molecular flexibility index (Phi) is 6.98. The average molecular weight is 298 g/mol. The van der Waals surface area contributed by atoms with Crippen LogP contribution in [0.5, 0.6) is 0 Å². The van der Waals surface area contributed by atoms with E-state index in [1.807, 2.05) is 0 Å². The molecule has 1 rings (SSSR count). The molecule has 21 heavy (non-hydrogen) atoms. The van der Waals surface area contributed by atoms with Gasteiger partial charge in [0.05, 0.1) is 7.11 Å². The molecule has 1 fully saturated rings. The molecule has 0 atom stereocenters. The zero-order chi connectivity index (χ0) is 15.8. The van der Waals surface area contributed by atoms with Crippen LogP contribution in [0.2, 0.25) is 0 Å². The van der Waals surface area contributed by atoms with Crippen molar-refractivity contribution in [2.75, 3.05) is 34.8 Å². The number of hydrogen-bond acceptors (Lipinski definition) is 3. The van der Waals surface area contributed by atoms with Crippen molar-refractivity contribution in [2.45, 2.75) is 32.1 Å². The fourth-order valence-electron chi connectivity index (χ4n) is 2.43. The van der Waals surface area contributed by atoms with E-state index in [4.69, 9.17) is 0 Å². The molecule has 0 aromatic carbocycles. The number of hydrogen-bond donors (Lipinski definition) is 1. The highest BCUT2D eigenvalue weighted by Crippen LogP contribution is 2.22. The number of methoxy groups -OCH3 is 1. The maximum atomic E-state index is 12.2. The van der Waals surface area contributed by atoms with Gasteiger partial charge in [0.15, 0.2) is 0 Å². The molecule has 0 spiro atoms. The number of rotatable bonds is 2. The van der Waals surface area contributed by atoms with Crippen LogP contribution in [0.15, 0.2) is 4.99 Å². The Bertz CT molecular complexity index is 390. The first-order valence-corrected chi connectivity index (χ1v) is 7.31. The van der Waals surface area contributed by atoms with E-state index in [0.717, 1.165) is 0 Å². The normalized spacial score (nSPS) is 16.3. The molecule has 0 aliphatic heterocycles. The lowest BCUT2D eigenvalue weighted by molar-refractivity contribution is 0.181. The lowest BCUT2D eigenvalue weighted by atomic mass is 9.89. The summed E-state index contributed by atoms with van der Waals surface area (Å²) in [5.74, 6) is 0.791. The highest BCUT2D eigenvalue weighted by atomic mass is 16.5. The van der Waals surface area contributed by atoms with Gasteiger partial charge in [0.2, 0.25) is 5.96 Å². The molecule has 0 aromatic heterocycles. The SMILES string of the molecule is COC(=O)/N=C(/N(C)C)N(C)C(=O)NCC1CCCCC1. The van der Waals surface area contributed by atoms with Gasteiger partial charge in [-0.1, -0.05) is 19.3 Å². The summed E-state index contributed by atoms with van der Waals surface area (Å²) >= 11 is 0. The van der Waals surface area contributed by atoms with E-state index in [1.54, 1.807) is 26.0 Å². The van der Waals surface area contributed by atoms with E-state index < -0.39 is 6.09 Å². The van der Waals surface area contributed by atoms with Crippen LogP contribution in [-0.2, 0) is 4.74 Å². The van der Waals surface area contributed by atoms with Crippen LogP contribution >= 0.6 is 0 Å². The van der Waals surface area contributed by atoms with Gasteiger partial charge in [0, 0.05) is 27.7 Å². The lowest BCUT2D eigenvalue weighted by Crippen LogP contribution is -2.48. The molecule has 1 aliphatic carbocycles. The molecular formula is C14H26N4O3. The largest absolute Gasteiger partial charge is 0.451 e. The molecule has 0 saturated heterocycles. The summed E-state index contributed by atoms with van der Waals surface area (Å²) in [5, 5.41) is 2.91. The van der Waals surface area contributed by atoms with Gasteiger partial charge in [0.25, 0.3) is 0 Å². The van der Waals surface area contributed by atoms with E-state index in [9.17, 15) is 9.59 Å². The summed E-state index contributed by atoms with van der Waals surface area (Å²) in [6.45, 7) is 0.669. The van der Waals surface area contributed by atoms with E-state index in [1.165, 1.54) is 44.1 Å². The number of nitrogens with zero attached hydrogens (tertiary/aromatic N) is 3.